The summed E-state index contributed by atoms with van der Waals surface area (Å²) in [6.07, 6.45) is 11.0. The summed E-state index contributed by atoms with van der Waals surface area (Å²) in [4.78, 5) is 49.7. The van der Waals surface area contributed by atoms with Gasteiger partial charge >= 0.3 is 5.97 Å². The van der Waals surface area contributed by atoms with Gasteiger partial charge in [0.1, 0.15) is 34.7 Å². The van der Waals surface area contributed by atoms with Crippen molar-refractivity contribution in [3.05, 3.63) is 67.4 Å². The topological polar surface area (TPSA) is 214 Å². The second-order valence-corrected chi connectivity index (χ2v) is 21.6. The van der Waals surface area contributed by atoms with Gasteiger partial charge in [-0.15, -0.1) is 0 Å². The number of ether oxygens (including phenoxy) is 5. The van der Waals surface area contributed by atoms with E-state index in [-0.39, 0.29) is 103 Å². The number of aliphatic hydroxyl groups is 5. The Morgan fingerprint density at radius 1 is 1.03 bits per heavy atom. The number of rotatable bonds is 14. The molecule has 384 valence electrons. The van der Waals surface area contributed by atoms with Gasteiger partial charge in [0.25, 0.3) is 0 Å². The fourth-order valence-electron chi connectivity index (χ4n) is 14.8. The van der Waals surface area contributed by atoms with Gasteiger partial charge in [0.05, 0.1) is 55.0 Å². The van der Waals surface area contributed by atoms with E-state index in [1.165, 1.54) is 0 Å². The molecular weight excluding hydrogens is 909 g/mol. The molecule has 0 amide bonds. The maximum absolute atomic E-state index is 14.6. The number of hydrogen-bond acceptors (Lipinski definition) is 15. The van der Waals surface area contributed by atoms with Gasteiger partial charge in [-0.25, -0.2) is 4.79 Å². The van der Waals surface area contributed by atoms with Crippen LogP contribution in [0.3, 0.4) is 0 Å². The highest BCUT2D eigenvalue weighted by atomic mass is 16.6. The van der Waals surface area contributed by atoms with E-state index < -0.39 is 48.6 Å². The predicted octanol–water partition coefficient (Wildman–Crippen LogP) is 3.81. The number of methoxy groups -OCH3 is 1. The van der Waals surface area contributed by atoms with Crippen molar-refractivity contribution in [1.29, 1.82) is 0 Å². The molecule has 15 nitrogen and oxygen atoms in total. The smallest absolute Gasteiger partial charge is 0.375 e. The number of Topliss-reactive ketones (excluding diaryl/α,β-unsaturated/α-hetero) is 1. The Hall–Kier alpha value is -4.48. The average Bonchev–Trinajstić information content (AvgIpc) is 4.16. The summed E-state index contributed by atoms with van der Waals surface area (Å²) in [7, 11) is 1.72. The lowest BCUT2D eigenvalue weighted by Crippen LogP contribution is -2.68. The molecule has 2 aromatic rings. The lowest BCUT2D eigenvalue weighted by Gasteiger charge is -2.61. The molecule has 4 fully saturated rings. The van der Waals surface area contributed by atoms with Gasteiger partial charge in [-0.3, -0.25) is 14.6 Å². The first-order valence-electron chi connectivity index (χ1n) is 26.4. The Morgan fingerprint density at radius 3 is 2.59 bits per heavy atom. The maximum Gasteiger partial charge on any atom is 0.375 e. The van der Waals surface area contributed by atoms with E-state index in [1.54, 1.807) is 14.0 Å². The van der Waals surface area contributed by atoms with E-state index in [9.17, 15) is 39.9 Å². The highest BCUT2D eigenvalue weighted by Gasteiger charge is 2.65. The van der Waals surface area contributed by atoms with Crippen molar-refractivity contribution < 1.29 is 63.6 Å². The van der Waals surface area contributed by atoms with Crippen molar-refractivity contribution in [2.45, 2.75) is 121 Å². The Bertz CT molecular complexity index is 2600. The SMILES string of the molecule is CCOC(=O)C1=C(C=O)C2=C3CC(CO)C(=O)C(C3)c3cc4c(cc3CCC(CO)COc3c5c(c(CO)c(c32)O1)OC(C1(O)C2CCN(CCCOC)CC2CC2(CCCC2)C1CCCO)C5)=NCC=4. The van der Waals surface area contributed by atoms with Gasteiger partial charge in [-0.2, -0.15) is 0 Å². The molecule has 8 aliphatic rings. The van der Waals surface area contributed by atoms with Crippen LogP contribution in [0.1, 0.15) is 118 Å². The lowest BCUT2D eigenvalue weighted by atomic mass is 9.48. The first-order valence-corrected chi connectivity index (χ1v) is 26.4. The number of carbonyl (C=O) groups excluding carboxylic acids is 3. The third-order valence-electron chi connectivity index (χ3n) is 17.9. The summed E-state index contributed by atoms with van der Waals surface area (Å²) in [5.74, 6) is -2.95. The largest absolute Gasteiger partial charge is 0.492 e. The van der Waals surface area contributed by atoms with E-state index in [1.807, 2.05) is 18.2 Å². The third kappa shape index (κ3) is 8.68. The van der Waals surface area contributed by atoms with Crippen LogP contribution in [0.4, 0.5) is 0 Å². The molecule has 5 heterocycles. The number of carbonyl (C=O) groups is 3. The van der Waals surface area contributed by atoms with E-state index in [2.05, 4.69) is 4.90 Å². The van der Waals surface area contributed by atoms with Crippen LogP contribution < -0.4 is 24.8 Å². The minimum absolute atomic E-state index is 0.00437. The third-order valence-corrected chi connectivity index (χ3v) is 17.9. The summed E-state index contributed by atoms with van der Waals surface area (Å²) in [6.45, 7) is 4.12. The van der Waals surface area contributed by atoms with Gasteiger partial charge in [-0.1, -0.05) is 24.5 Å². The minimum atomic E-state index is -1.37. The lowest BCUT2D eigenvalue weighted by molar-refractivity contribution is -0.226. The van der Waals surface area contributed by atoms with Crippen LogP contribution in [0.25, 0.3) is 11.6 Å². The maximum atomic E-state index is 14.6. The number of esters is 1. The molecule has 5 aliphatic heterocycles. The summed E-state index contributed by atoms with van der Waals surface area (Å²) in [5.41, 5.74) is 2.09. The summed E-state index contributed by atoms with van der Waals surface area (Å²) in [6, 6.07) is 4.04. The molecule has 8 unspecified atom stereocenters. The molecule has 1 spiro atoms. The number of ketones is 1. The van der Waals surface area contributed by atoms with Crippen LogP contribution in [-0.2, 0) is 43.3 Å². The van der Waals surface area contributed by atoms with Gasteiger partial charge in [0.15, 0.2) is 6.29 Å². The average molecular weight is 981 g/mol. The zero-order chi connectivity index (χ0) is 49.6. The zero-order valence-electron chi connectivity index (χ0n) is 41.4. The molecule has 71 heavy (non-hydrogen) atoms. The molecule has 1 saturated heterocycles. The van der Waals surface area contributed by atoms with Crippen LogP contribution in [0.15, 0.2) is 34.0 Å². The molecule has 15 heteroatoms. The van der Waals surface area contributed by atoms with Crippen molar-refractivity contribution in [3.63, 3.8) is 0 Å². The number of piperidine rings is 1. The quantitative estimate of drug-likeness (QED) is 0.104. The molecule has 2 bridgehead atoms. The Labute approximate surface area is 415 Å². The fourth-order valence-corrected chi connectivity index (χ4v) is 14.8. The first-order chi connectivity index (χ1) is 34.6. The number of allylic oxidation sites excluding steroid dienone is 3. The first kappa shape index (κ1) is 50.1. The fraction of sp³-hybridized carbons (Fsp3) is 0.643. The Balaban J connectivity index is 1.18. The number of aliphatic hydroxyl groups excluding tert-OH is 4. The Morgan fingerprint density at radius 2 is 1.86 bits per heavy atom. The predicted molar refractivity (Wildman–Crippen MR) is 261 cm³/mol. The number of hydrogen-bond donors (Lipinski definition) is 5. The number of likely N-dealkylation sites (tertiary alicyclic amines) is 1. The molecular formula is C56H72N2O13. The van der Waals surface area contributed by atoms with Crippen LogP contribution in [0, 0.1) is 35.0 Å². The number of aldehydes is 1. The molecule has 8 atom stereocenters. The van der Waals surface area contributed by atoms with Crippen LogP contribution in [0.2, 0.25) is 0 Å². The number of nitrogens with zero attached hydrogens (tertiary/aromatic N) is 2. The number of benzene rings is 2. The van der Waals surface area contributed by atoms with E-state index in [4.69, 9.17) is 28.7 Å². The summed E-state index contributed by atoms with van der Waals surface area (Å²) < 4.78 is 31.8. The van der Waals surface area contributed by atoms with Gasteiger partial charge in [0.2, 0.25) is 5.76 Å². The second kappa shape index (κ2) is 20.8. The second-order valence-electron chi connectivity index (χ2n) is 21.6. The highest BCUT2D eigenvalue weighted by Crippen LogP contribution is 2.65. The van der Waals surface area contributed by atoms with Crippen molar-refractivity contribution >= 4 is 29.7 Å². The van der Waals surface area contributed by atoms with Crippen molar-refractivity contribution in [2.75, 3.05) is 72.9 Å². The molecule has 3 saturated carbocycles. The molecule has 0 radical (unpaired) electrons. The monoisotopic (exact) mass is 981 g/mol. The van der Waals surface area contributed by atoms with Gasteiger partial charge < -0.3 is 54.1 Å². The molecule has 5 N–H and O–H groups in total. The molecule has 10 rings (SSSR count). The molecule has 2 aromatic carbocycles. The normalized spacial score (nSPS) is 29.7. The van der Waals surface area contributed by atoms with Crippen LogP contribution in [-0.4, -0.2) is 133 Å². The zero-order valence-corrected chi connectivity index (χ0v) is 41.4. The van der Waals surface area contributed by atoms with Crippen molar-refractivity contribution in [2.24, 2.45) is 40.0 Å². The van der Waals surface area contributed by atoms with Gasteiger partial charge in [0, 0.05) is 75.3 Å². The molecule has 0 aromatic heterocycles. The van der Waals surface area contributed by atoms with Crippen molar-refractivity contribution in [1.82, 2.24) is 4.90 Å². The Kier molecular flexibility index (Phi) is 14.7. The van der Waals surface area contributed by atoms with E-state index in [0.29, 0.717) is 73.1 Å². The number of aryl methyl sites for hydroxylation is 1. The van der Waals surface area contributed by atoms with Crippen molar-refractivity contribution in [3.8, 4) is 17.2 Å². The minimum Gasteiger partial charge on any atom is -0.492 e. The van der Waals surface area contributed by atoms with Crippen LogP contribution in [0.5, 0.6) is 17.2 Å². The summed E-state index contributed by atoms with van der Waals surface area (Å²) >= 11 is 0. The van der Waals surface area contributed by atoms with Crippen LogP contribution >= 0.6 is 0 Å². The standard InChI is InChI=1S/C56H72N2O13/c1-3-68-54(65)53-41(29-62)47-35-20-36(28-61)49(64)39(22-35)38-21-34-11-15-57-44(34)23-33(38)10-9-32(27-60)31-69-51-40-24-46(70-50(40)42(30-63)52(71-53)48(47)51)56(66)43-12-17-58(16-7-19-67-2)26-37(43)25-55(13-4-5-14-55)45(56)8-6-18-59/h11,21,23,29,32,36-37,39,43,45-46,59-61,63,66H,3-10,12-20,22,24-28,30-31H2,1-2H3. The van der Waals surface area contributed by atoms with E-state index >= 15 is 0 Å². The number of fused-ring (bicyclic) bond motifs is 8. The molecule has 3 aliphatic carbocycles. The summed E-state index contributed by atoms with van der Waals surface area (Å²) in [5, 5.41) is 59.9. The highest BCUT2D eigenvalue weighted by molar-refractivity contribution is 6.11. The van der Waals surface area contributed by atoms with Gasteiger partial charge in [-0.05, 0) is 136 Å². The van der Waals surface area contributed by atoms with E-state index in [0.717, 1.165) is 86.3 Å².